The Morgan fingerprint density at radius 3 is 2.57 bits per heavy atom. The van der Waals surface area contributed by atoms with Crippen LogP contribution < -0.4 is 10.0 Å². The quantitative estimate of drug-likeness (QED) is 0.556. The van der Waals surface area contributed by atoms with Gasteiger partial charge in [0.15, 0.2) is 0 Å². The van der Waals surface area contributed by atoms with Crippen molar-refractivity contribution in [2.45, 2.75) is 17.2 Å². The van der Waals surface area contributed by atoms with E-state index < -0.39 is 10.0 Å². The number of sulfonamides is 1. The highest BCUT2D eigenvalue weighted by Gasteiger charge is 2.15. The second-order valence-electron chi connectivity index (χ2n) is 5.96. The lowest BCUT2D eigenvalue weighted by atomic mass is 10.2. The summed E-state index contributed by atoms with van der Waals surface area (Å²) in [6, 6.07) is 19.4. The highest BCUT2D eigenvalue weighted by molar-refractivity contribution is 7.99. The van der Waals surface area contributed by atoms with Gasteiger partial charge in [-0.1, -0.05) is 36.4 Å². The first kappa shape index (κ1) is 20.2. The van der Waals surface area contributed by atoms with Gasteiger partial charge in [-0.05, 0) is 35.9 Å². The lowest BCUT2D eigenvalue weighted by Gasteiger charge is -2.09. The Kier molecular flexibility index (Phi) is 6.91. The molecule has 1 heterocycles. The molecule has 0 aliphatic rings. The van der Waals surface area contributed by atoms with Gasteiger partial charge < -0.3 is 9.73 Å². The Morgan fingerprint density at radius 2 is 1.82 bits per heavy atom. The molecule has 146 valence electrons. The molecule has 1 aromatic heterocycles. The number of nitrogens with one attached hydrogen (secondary N) is 2. The summed E-state index contributed by atoms with van der Waals surface area (Å²) < 4.78 is 32.4. The molecule has 3 rings (SSSR count). The van der Waals surface area contributed by atoms with Crippen LogP contribution in [0.3, 0.4) is 0 Å². The molecule has 0 unspecified atom stereocenters. The second kappa shape index (κ2) is 9.59. The van der Waals surface area contributed by atoms with Gasteiger partial charge in [0.2, 0.25) is 15.9 Å². The van der Waals surface area contributed by atoms with Crippen molar-refractivity contribution in [2.24, 2.45) is 0 Å². The van der Waals surface area contributed by atoms with Crippen molar-refractivity contribution in [1.29, 1.82) is 0 Å². The number of hydrogen-bond acceptors (Lipinski definition) is 5. The molecule has 2 N–H and O–H groups in total. The lowest BCUT2D eigenvalue weighted by molar-refractivity contribution is -0.113. The highest BCUT2D eigenvalue weighted by atomic mass is 32.2. The van der Waals surface area contributed by atoms with E-state index in [4.69, 9.17) is 4.42 Å². The largest absolute Gasteiger partial charge is 0.468 e. The zero-order valence-corrected chi connectivity index (χ0v) is 16.6. The van der Waals surface area contributed by atoms with Gasteiger partial charge in [-0.3, -0.25) is 4.79 Å². The first-order valence-corrected chi connectivity index (χ1v) is 11.2. The van der Waals surface area contributed by atoms with Gasteiger partial charge in [0.1, 0.15) is 5.76 Å². The highest BCUT2D eigenvalue weighted by Crippen LogP contribution is 2.17. The number of furan rings is 1. The predicted molar refractivity (Wildman–Crippen MR) is 110 cm³/mol. The molecule has 0 bridgehead atoms. The van der Waals surface area contributed by atoms with Crippen molar-refractivity contribution in [3.8, 4) is 0 Å². The van der Waals surface area contributed by atoms with Crippen LogP contribution in [0.2, 0.25) is 0 Å². The number of rotatable bonds is 9. The summed E-state index contributed by atoms with van der Waals surface area (Å²) in [5.74, 6) is 1.35. The summed E-state index contributed by atoms with van der Waals surface area (Å²) in [4.78, 5) is 12.2. The minimum absolute atomic E-state index is 0.0576. The molecule has 28 heavy (non-hydrogen) atoms. The number of hydrogen-bond donors (Lipinski definition) is 2. The zero-order valence-electron chi connectivity index (χ0n) is 15.0. The molecule has 0 aliphatic carbocycles. The van der Waals surface area contributed by atoms with E-state index in [1.807, 2.05) is 30.3 Å². The third kappa shape index (κ3) is 5.98. The van der Waals surface area contributed by atoms with Gasteiger partial charge in [0, 0.05) is 11.4 Å². The summed E-state index contributed by atoms with van der Waals surface area (Å²) in [6.07, 6.45) is 1.48. The van der Waals surface area contributed by atoms with Crippen molar-refractivity contribution >= 4 is 33.4 Å². The van der Waals surface area contributed by atoms with Crippen LogP contribution in [-0.4, -0.2) is 20.1 Å². The molecular formula is C20H20N2O4S2. The fraction of sp³-hybridized carbons (Fsp3) is 0.150. The Morgan fingerprint density at radius 1 is 1.00 bits per heavy atom. The van der Waals surface area contributed by atoms with Crippen molar-refractivity contribution in [2.75, 3.05) is 11.1 Å². The van der Waals surface area contributed by atoms with Gasteiger partial charge >= 0.3 is 0 Å². The fourth-order valence-electron chi connectivity index (χ4n) is 2.44. The normalized spacial score (nSPS) is 11.3. The third-order valence-corrected chi connectivity index (χ3v) is 6.19. The van der Waals surface area contributed by atoms with Crippen LogP contribution in [-0.2, 0) is 27.1 Å². The smallest absolute Gasteiger partial charge is 0.241 e. The van der Waals surface area contributed by atoms with Crippen molar-refractivity contribution in [1.82, 2.24) is 4.72 Å². The number of thioether (sulfide) groups is 1. The van der Waals surface area contributed by atoms with Gasteiger partial charge in [-0.15, -0.1) is 11.8 Å². The summed E-state index contributed by atoms with van der Waals surface area (Å²) in [7, 11) is -3.71. The minimum Gasteiger partial charge on any atom is -0.468 e. The van der Waals surface area contributed by atoms with E-state index in [1.165, 1.54) is 30.2 Å². The molecule has 0 atom stereocenters. The third-order valence-electron chi connectivity index (χ3n) is 3.79. The van der Waals surface area contributed by atoms with E-state index in [9.17, 15) is 13.2 Å². The monoisotopic (exact) mass is 416 g/mol. The van der Waals surface area contributed by atoms with E-state index in [0.717, 1.165) is 11.3 Å². The Hall–Kier alpha value is -2.55. The lowest BCUT2D eigenvalue weighted by Crippen LogP contribution is -2.23. The number of carbonyl (C=O) groups excluding carboxylic acids is 1. The molecule has 0 saturated carbocycles. The summed E-state index contributed by atoms with van der Waals surface area (Å²) in [6.45, 7) is 0.0576. The molecule has 8 heteroatoms. The average molecular weight is 417 g/mol. The minimum atomic E-state index is -3.71. The first-order valence-electron chi connectivity index (χ1n) is 8.56. The maximum absolute atomic E-state index is 12.4. The standard InChI is InChI=1S/C20H20N2O4S2/c23-20(15-27-14-16-6-2-1-3-7-16)22-17-8-4-10-19(12-17)28(24,25)21-13-18-9-5-11-26-18/h1-12,21H,13-15H2,(H,22,23). The van der Waals surface area contributed by atoms with Gasteiger partial charge in [-0.25, -0.2) is 13.1 Å². The van der Waals surface area contributed by atoms with Crippen LogP contribution in [0, 0.1) is 0 Å². The number of benzene rings is 2. The maximum atomic E-state index is 12.4. The van der Waals surface area contributed by atoms with E-state index in [1.54, 1.807) is 24.3 Å². The molecule has 6 nitrogen and oxygen atoms in total. The zero-order chi connectivity index (χ0) is 19.8. The summed E-state index contributed by atoms with van der Waals surface area (Å²) in [5, 5.41) is 2.74. The SMILES string of the molecule is O=C(CSCc1ccccc1)Nc1cccc(S(=O)(=O)NCc2ccco2)c1. The van der Waals surface area contributed by atoms with E-state index >= 15 is 0 Å². The first-order chi connectivity index (χ1) is 13.5. The van der Waals surface area contributed by atoms with Gasteiger partial charge in [-0.2, -0.15) is 0 Å². The Labute approximate surface area is 168 Å². The number of amides is 1. The van der Waals surface area contributed by atoms with Crippen LogP contribution >= 0.6 is 11.8 Å². The van der Waals surface area contributed by atoms with Crippen LogP contribution in [0.5, 0.6) is 0 Å². The average Bonchev–Trinajstić information content (AvgIpc) is 3.21. The molecule has 0 spiro atoms. The van der Waals surface area contributed by atoms with Crippen LogP contribution in [0.4, 0.5) is 5.69 Å². The fourth-order valence-corrected chi connectivity index (χ4v) is 4.26. The molecule has 0 fully saturated rings. The van der Waals surface area contributed by atoms with E-state index in [0.29, 0.717) is 11.4 Å². The number of anilines is 1. The van der Waals surface area contributed by atoms with Crippen molar-refractivity contribution in [3.63, 3.8) is 0 Å². The molecular weight excluding hydrogens is 396 g/mol. The second-order valence-corrected chi connectivity index (χ2v) is 8.71. The van der Waals surface area contributed by atoms with Gasteiger partial charge in [0.05, 0.1) is 23.5 Å². The topological polar surface area (TPSA) is 88.4 Å². The molecule has 0 radical (unpaired) electrons. The summed E-state index contributed by atoms with van der Waals surface area (Å²) in [5.41, 5.74) is 1.59. The molecule has 3 aromatic rings. The predicted octanol–water partition coefficient (Wildman–Crippen LogP) is 3.63. The Balaban J connectivity index is 1.54. The van der Waals surface area contributed by atoms with E-state index in [-0.39, 0.29) is 23.1 Å². The van der Waals surface area contributed by atoms with Crippen molar-refractivity contribution < 1.29 is 17.6 Å². The molecule has 0 aliphatic heterocycles. The van der Waals surface area contributed by atoms with Gasteiger partial charge in [0.25, 0.3) is 0 Å². The van der Waals surface area contributed by atoms with Crippen LogP contribution in [0.1, 0.15) is 11.3 Å². The maximum Gasteiger partial charge on any atom is 0.241 e. The number of carbonyl (C=O) groups is 1. The van der Waals surface area contributed by atoms with Crippen LogP contribution in [0.15, 0.2) is 82.3 Å². The molecule has 1 amide bonds. The summed E-state index contributed by atoms with van der Waals surface area (Å²) >= 11 is 1.50. The molecule has 0 saturated heterocycles. The Bertz CT molecular complexity index is 1000. The van der Waals surface area contributed by atoms with E-state index in [2.05, 4.69) is 10.0 Å². The van der Waals surface area contributed by atoms with Crippen molar-refractivity contribution in [3.05, 3.63) is 84.3 Å². The van der Waals surface area contributed by atoms with Crippen LogP contribution in [0.25, 0.3) is 0 Å². The molecule has 2 aromatic carbocycles.